The van der Waals surface area contributed by atoms with Gasteiger partial charge in [0, 0.05) is 57.7 Å². The normalized spacial score (nSPS) is 11.5. The minimum absolute atomic E-state index is 0.124. The van der Waals surface area contributed by atoms with Crippen LogP contribution in [-0.2, 0) is 0 Å². The fourth-order valence-electron chi connectivity index (χ4n) is 6.33. The van der Waals surface area contributed by atoms with E-state index in [4.69, 9.17) is 0 Å². The molecule has 0 atom stereocenters. The standard InChI is InChI=1S/C34H20N6O4/c41-39(42)21-12-13-29(40(43)44)26(18-21)34-30(37-27-8-3-1-6-22(27)24-14-16-35-19-32(24)37)10-5-11-31(34)38-28-9-4-2-7-23(28)25-15-17-36-20-33(25)38/h1-20H. The number of nitro benzene ring substituents is 2. The van der Waals surface area contributed by atoms with Crippen LogP contribution in [0.15, 0.2) is 122 Å². The first-order valence-corrected chi connectivity index (χ1v) is 13.8. The van der Waals surface area contributed by atoms with Crippen LogP contribution in [-0.4, -0.2) is 28.9 Å². The number of aromatic nitrogens is 4. The van der Waals surface area contributed by atoms with Crippen molar-refractivity contribution in [1.29, 1.82) is 0 Å². The van der Waals surface area contributed by atoms with Crippen molar-refractivity contribution in [3.8, 4) is 22.5 Å². The van der Waals surface area contributed by atoms with Gasteiger partial charge in [0.25, 0.3) is 11.4 Å². The van der Waals surface area contributed by atoms with Crippen molar-refractivity contribution in [3.63, 3.8) is 0 Å². The van der Waals surface area contributed by atoms with E-state index in [-0.39, 0.29) is 16.9 Å². The third-order valence-electron chi connectivity index (χ3n) is 8.11. The number of rotatable bonds is 5. The number of hydrogen-bond acceptors (Lipinski definition) is 6. The van der Waals surface area contributed by atoms with Gasteiger partial charge in [-0.05, 0) is 36.4 Å². The van der Waals surface area contributed by atoms with E-state index in [9.17, 15) is 20.2 Å². The Bertz CT molecular complexity index is 2240. The van der Waals surface area contributed by atoms with Crippen LogP contribution in [0, 0.1) is 20.2 Å². The molecule has 8 aromatic rings. The second-order valence-corrected chi connectivity index (χ2v) is 10.4. The number of nitrogens with zero attached hydrogens (tertiary/aromatic N) is 6. The summed E-state index contributed by atoms with van der Waals surface area (Å²) in [5, 5.41) is 28.4. The maximum absolute atomic E-state index is 12.5. The van der Waals surface area contributed by atoms with E-state index < -0.39 is 9.85 Å². The summed E-state index contributed by atoms with van der Waals surface area (Å²) in [5.41, 5.74) is 4.63. The van der Waals surface area contributed by atoms with Crippen molar-refractivity contribution < 1.29 is 9.85 Å². The van der Waals surface area contributed by atoms with Crippen LogP contribution in [0.5, 0.6) is 0 Å². The van der Waals surface area contributed by atoms with Gasteiger partial charge in [-0.2, -0.15) is 0 Å². The SMILES string of the molecule is O=[N+]([O-])c1ccc([N+](=O)[O-])c(-c2c(-n3c4ccccc4c4ccncc43)cccc2-n2c3ccccc3c3ccncc32)c1. The Labute approximate surface area is 248 Å². The highest BCUT2D eigenvalue weighted by Crippen LogP contribution is 2.45. The quantitative estimate of drug-likeness (QED) is 0.150. The topological polar surface area (TPSA) is 122 Å². The van der Waals surface area contributed by atoms with Crippen molar-refractivity contribution in [2.75, 3.05) is 0 Å². The van der Waals surface area contributed by atoms with Gasteiger partial charge in [-0.1, -0.05) is 42.5 Å². The highest BCUT2D eigenvalue weighted by molar-refractivity contribution is 6.11. The zero-order valence-electron chi connectivity index (χ0n) is 22.9. The van der Waals surface area contributed by atoms with Gasteiger partial charge >= 0.3 is 0 Å². The number of hydrogen-bond donors (Lipinski definition) is 0. The Balaban J connectivity index is 1.60. The maximum Gasteiger partial charge on any atom is 0.277 e. The van der Waals surface area contributed by atoms with E-state index in [1.807, 2.05) is 88.0 Å². The number of non-ortho nitro benzene ring substituents is 1. The van der Waals surface area contributed by atoms with Gasteiger partial charge in [-0.15, -0.1) is 0 Å². The molecule has 10 heteroatoms. The van der Waals surface area contributed by atoms with Crippen LogP contribution < -0.4 is 0 Å². The van der Waals surface area contributed by atoms with Crippen molar-refractivity contribution in [2.24, 2.45) is 0 Å². The van der Waals surface area contributed by atoms with E-state index in [2.05, 4.69) is 9.97 Å². The number of benzene rings is 4. The third kappa shape index (κ3) is 3.61. The van der Waals surface area contributed by atoms with E-state index in [0.29, 0.717) is 16.9 Å². The van der Waals surface area contributed by atoms with Gasteiger partial charge in [-0.25, -0.2) is 0 Å². The smallest absolute Gasteiger partial charge is 0.277 e. The fourth-order valence-corrected chi connectivity index (χ4v) is 6.33. The Morgan fingerprint density at radius 3 is 1.59 bits per heavy atom. The first-order chi connectivity index (χ1) is 21.5. The Kier molecular flexibility index (Phi) is 5.50. The highest BCUT2D eigenvalue weighted by atomic mass is 16.6. The maximum atomic E-state index is 12.5. The van der Waals surface area contributed by atoms with Gasteiger partial charge in [0.2, 0.25) is 0 Å². The molecule has 0 aliphatic carbocycles. The number of pyridine rings is 2. The summed E-state index contributed by atoms with van der Waals surface area (Å²) < 4.78 is 4.04. The molecular weight excluding hydrogens is 556 g/mol. The molecule has 44 heavy (non-hydrogen) atoms. The molecule has 0 fully saturated rings. The zero-order chi connectivity index (χ0) is 29.9. The van der Waals surface area contributed by atoms with Gasteiger partial charge in [0.15, 0.2) is 0 Å². The molecule has 0 N–H and O–H groups in total. The van der Waals surface area contributed by atoms with Crippen LogP contribution in [0.3, 0.4) is 0 Å². The first-order valence-electron chi connectivity index (χ1n) is 13.8. The highest BCUT2D eigenvalue weighted by Gasteiger charge is 2.28. The molecule has 4 heterocycles. The molecule has 0 unspecified atom stereocenters. The molecule has 4 aromatic carbocycles. The molecule has 0 bridgehead atoms. The third-order valence-corrected chi connectivity index (χ3v) is 8.11. The fraction of sp³-hybridized carbons (Fsp3) is 0. The van der Waals surface area contributed by atoms with E-state index in [1.165, 1.54) is 18.2 Å². The molecule has 0 saturated heterocycles. The van der Waals surface area contributed by atoms with Crippen LogP contribution in [0.25, 0.3) is 66.1 Å². The van der Waals surface area contributed by atoms with Crippen molar-refractivity contribution >= 4 is 55.0 Å². The second-order valence-electron chi connectivity index (χ2n) is 10.4. The first kappa shape index (κ1) is 25.3. The lowest BCUT2D eigenvalue weighted by Crippen LogP contribution is -2.05. The van der Waals surface area contributed by atoms with E-state index in [1.54, 1.807) is 24.8 Å². The predicted molar refractivity (Wildman–Crippen MR) is 169 cm³/mol. The monoisotopic (exact) mass is 576 g/mol. The Morgan fingerprint density at radius 1 is 0.545 bits per heavy atom. The lowest BCUT2D eigenvalue weighted by atomic mass is 9.98. The molecule has 0 saturated carbocycles. The summed E-state index contributed by atoms with van der Waals surface area (Å²) in [7, 11) is 0. The van der Waals surface area contributed by atoms with Crippen molar-refractivity contribution in [2.45, 2.75) is 0 Å². The summed E-state index contributed by atoms with van der Waals surface area (Å²) in [4.78, 5) is 32.3. The van der Waals surface area contributed by atoms with E-state index >= 15 is 0 Å². The second kappa shape index (κ2) is 9.57. The molecule has 0 spiro atoms. The Morgan fingerprint density at radius 2 is 1.07 bits per heavy atom. The number of fused-ring (bicyclic) bond motifs is 6. The average Bonchev–Trinajstić information content (AvgIpc) is 3.57. The van der Waals surface area contributed by atoms with Crippen LogP contribution in [0.1, 0.15) is 0 Å². The molecular formula is C34H20N6O4. The summed E-state index contributed by atoms with van der Waals surface area (Å²) >= 11 is 0. The predicted octanol–water partition coefficient (Wildman–Crippen LogP) is 8.15. The minimum atomic E-state index is -0.537. The van der Waals surface area contributed by atoms with Gasteiger partial charge < -0.3 is 9.13 Å². The molecule has 4 aromatic heterocycles. The number of para-hydroxylation sites is 2. The molecule has 0 amide bonds. The summed E-state index contributed by atoms with van der Waals surface area (Å²) in [6.07, 6.45) is 6.98. The summed E-state index contributed by atoms with van der Waals surface area (Å²) in [6, 6.07) is 29.0. The van der Waals surface area contributed by atoms with Crippen LogP contribution >= 0.6 is 0 Å². The van der Waals surface area contributed by atoms with Crippen molar-refractivity contribution in [1.82, 2.24) is 19.1 Å². The van der Waals surface area contributed by atoms with Gasteiger partial charge in [0.1, 0.15) is 0 Å². The van der Waals surface area contributed by atoms with Gasteiger partial charge in [0.05, 0.1) is 61.2 Å². The Hall–Kier alpha value is -6.42. The average molecular weight is 577 g/mol. The molecule has 8 rings (SSSR count). The summed E-state index contributed by atoms with van der Waals surface area (Å²) in [5.74, 6) is 0. The minimum Gasteiger partial charge on any atom is -0.307 e. The lowest BCUT2D eigenvalue weighted by Gasteiger charge is -2.20. The van der Waals surface area contributed by atoms with E-state index in [0.717, 1.165) is 43.6 Å². The van der Waals surface area contributed by atoms with Crippen LogP contribution in [0.4, 0.5) is 11.4 Å². The summed E-state index contributed by atoms with van der Waals surface area (Å²) in [6.45, 7) is 0. The molecule has 0 aliphatic heterocycles. The largest absolute Gasteiger partial charge is 0.307 e. The van der Waals surface area contributed by atoms with Gasteiger partial charge in [-0.3, -0.25) is 30.2 Å². The van der Waals surface area contributed by atoms with Crippen molar-refractivity contribution in [3.05, 3.63) is 142 Å². The van der Waals surface area contributed by atoms with Crippen LogP contribution in [0.2, 0.25) is 0 Å². The zero-order valence-corrected chi connectivity index (χ0v) is 22.9. The molecule has 10 nitrogen and oxygen atoms in total. The lowest BCUT2D eigenvalue weighted by molar-refractivity contribution is -0.388. The molecule has 210 valence electrons. The molecule has 0 aliphatic rings. The number of nitro groups is 2. The molecule has 0 radical (unpaired) electrons.